The van der Waals surface area contributed by atoms with Gasteiger partial charge in [-0.1, -0.05) is 56.4 Å². The molecule has 4 aliphatic rings. The fourth-order valence-corrected chi connectivity index (χ4v) is 6.88. The van der Waals surface area contributed by atoms with E-state index in [-0.39, 0.29) is 42.6 Å². The third-order valence-electron chi connectivity index (χ3n) is 9.21. The van der Waals surface area contributed by atoms with Crippen molar-refractivity contribution in [3.8, 4) is 0 Å². The molecule has 0 aromatic carbocycles. The number of rotatable bonds is 14. The van der Waals surface area contributed by atoms with E-state index in [4.69, 9.17) is 23.7 Å². The third-order valence-corrected chi connectivity index (χ3v) is 9.21. The maximum atomic E-state index is 11.4. The summed E-state index contributed by atoms with van der Waals surface area (Å²) in [7, 11) is 1.43. The first kappa shape index (κ1) is 31.7. The van der Waals surface area contributed by atoms with Crippen molar-refractivity contribution in [1.29, 1.82) is 0 Å². The van der Waals surface area contributed by atoms with Crippen LogP contribution in [-0.2, 0) is 28.5 Å². The number of aliphatic hydroxyl groups excluding tert-OH is 1. The monoisotopic (exact) mass is 562 g/mol. The number of ether oxygens (including phenoxy) is 5. The van der Waals surface area contributed by atoms with Crippen LogP contribution >= 0.6 is 0 Å². The summed E-state index contributed by atoms with van der Waals surface area (Å²) < 4.78 is 29.7. The molecular weight excluding hydrogens is 508 g/mol. The average molecular weight is 563 g/mol. The number of methoxy groups -OCH3 is 1. The van der Waals surface area contributed by atoms with Gasteiger partial charge in [-0.05, 0) is 76.0 Å². The number of unbranched alkanes of at least 4 members (excludes halogenated alkanes) is 1. The highest BCUT2D eigenvalue weighted by atomic mass is 16.7. The summed E-state index contributed by atoms with van der Waals surface area (Å²) in [6.45, 7) is 1.53. The minimum absolute atomic E-state index is 0.0186. The van der Waals surface area contributed by atoms with Crippen molar-refractivity contribution in [1.82, 2.24) is 0 Å². The molecule has 4 fully saturated rings. The Bertz CT molecular complexity index is 745. The largest absolute Gasteiger partial charge is 0.469 e. The van der Waals surface area contributed by atoms with Crippen LogP contribution in [0.3, 0.4) is 0 Å². The van der Waals surface area contributed by atoms with Gasteiger partial charge < -0.3 is 28.8 Å². The number of hydrogen-bond acceptors (Lipinski definition) is 7. The van der Waals surface area contributed by atoms with E-state index in [1.807, 2.05) is 0 Å². The van der Waals surface area contributed by atoms with Crippen LogP contribution in [0.5, 0.6) is 0 Å². The molecule has 2 heterocycles. The summed E-state index contributed by atoms with van der Waals surface area (Å²) in [5.74, 6) is 0.693. The fraction of sp³-hybridized carbons (Fsp3) is 0.848. The molecule has 2 aliphatic heterocycles. The zero-order valence-corrected chi connectivity index (χ0v) is 24.8. The Morgan fingerprint density at radius 2 is 1.68 bits per heavy atom. The minimum Gasteiger partial charge on any atom is -0.469 e. The lowest BCUT2D eigenvalue weighted by molar-refractivity contribution is -0.193. The van der Waals surface area contributed by atoms with E-state index in [1.165, 1.54) is 39.2 Å². The van der Waals surface area contributed by atoms with Crippen LogP contribution < -0.4 is 0 Å². The molecule has 4 rings (SSSR count). The molecule has 7 nitrogen and oxygen atoms in total. The van der Waals surface area contributed by atoms with Crippen molar-refractivity contribution in [3.05, 3.63) is 24.3 Å². The van der Waals surface area contributed by atoms with Crippen LogP contribution in [0, 0.1) is 17.8 Å². The topological polar surface area (TPSA) is 83.5 Å². The molecule has 0 radical (unpaired) electrons. The van der Waals surface area contributed by atoms with Crippen LogP contribution in [0.2, 0.25) is 0 Å². The third kappa shape index (κ3) is 10.5. The van der Waals surface area contributed by atoms with Gasteiger partial charge >= 0.3 is 5.97 Å². The SMILES string of the molecule is COC(=O)CCCC=CC[C@@H]1[C@@H](C=C[C@H](CC2CCCCC2)OC2CCCCO2)[C@H](OC2CCCCO2)C[C@@H]1O. The van der Waals surface area contributed by atoms with Crippen molar-refractivity contribution in [2.24, 2.45) is 17.8 Å². The van der Waals surface area contributed by atoms with E-state index >= 15 is 0 Å². The molecule has 2 aliphatic carbocycles. The van der Waals surface area contributed by atoms with E-state index in [2.05, 4.69) is 24.3 Å². The van der Waals surface area contributed by atoms with Crippen LogP contribution in [0.25, 0.3) is 0 Å². The summed E-state index contributed by atoms with van der Waals surface area (Å²) in [6, 6.07) is 0. The standard InChI is InChI=1S/C33H54O7/c1-36-31(35)16-8-3-2-7-15-27-28(30(24-29(27)34)40-33-18-10-12-22-38-33)20-19-26(23-25-13-5-4-6-14-25)39-32-17-9-11-21-37-32/h2,7,19-20,25-30,32-34H,3-6,8-18,21-24H2,1H3/t26-,27-,28-,29+,30-,32?,33?/m1/s1. The van der Waals surface area contributed by atoms with Gasteiger partial charge in [0.2, 0.25) is 0 Å². The van der Waals surface area contributed by atoms with Crippen molar-refractivity contribution in [3.63, 3.8) is 0 Å². The van der Waals surface area contributed by atoms with Crippen LogP contribution in [0.1, 0.15) is 109 Å². The lowest BCUT2D eigenvalue weighted by atomic mass is 9.84. The Kier molecular flexibility index (Phi) is 14.0. The summed E-state index contributed by atoms with van der Waals surface area (Å²) in [6.07, 6.45) is 25.5. The maximum Gasteiger partial charge on any atom is 0.305 e. The van der Waals surface area contributed by atoms with Gasteiger partial charge in [-0.15, -0.1) is 0 Å². The van der Waals surface area contributed by atoms with Gasteiger partial charge in [-0.3, -0.25) is 4.79 Å². The molecule has 2 saturated carbocycles. The smallest absolute Gasteiger partial charge is 0.305 e. The molecule has 0 aromatic rings. The molecule has 228 valence electrons. The summed E-state index contributed by atoms with van der Waals surface area (Å²) in [5, 5.41) is 11.2. The normalized spacial score (nSPS) is 33.0. The average Bonchev–Trinajstić information content (AvgIpc) is 3.28. The number of aliphatic hydroxyl groups is 1. The Balaban J connectivity index is 1.42. The molecule has 7 atom stereocenters. The van der Waals surface area contributed by atoms with E-state index < -0.39 is 6.10 Å². The van der Waals surface area contributed by atoms with E-state index in [9.17, 15) is 9.90 Å². The number of carbonyl (C=O) groups excluding carboxylic acids is 1. The Hall–Kier alpha value is -1.25. The quantitative estimate of drug-likeness (QED) is 0.145. The first-order valence-corrected chi connectivity index (χ1v) is 16.2. The van der Waals surface area contributed by atoms with Crippen molar-refractivity contribution >= 4 is 5.97 Å². The first-order valence-electron chi connectivity index (χ1n) is 16.2. The van der Waals surface area contributed by atoms with Gasteiger partial charge in [0.1, 0.15) is 0 Å². The van der Waals surface area contributed by atoms with Crippen LogP contribution in [-0.4, -0.2) is 62.3 Å². The van der Waals surface area contributed by atoms with Crippen molar-refractivity contribution in [2.45, 2.75) is 140 Å². The molecule has 2 unspecified atom stereocenters. The number of carbonyl (C=O) groups is 1. The molecular formula is C33H54O7. The number of hydrogen-bond donors (Lipinski definition) is 1. The van der Waals surface area contributed by atoms with Crippen molar-refractivity contribution in [2.75, 3.05) is 20.3 Å². The molecule has 0 spiro atoms. The predicted octanol–water partition coefficient (Wildman–Crippen LogP) is 6.62. The highest BCUT2D eigenvalue weighted by Crippen LogP contribution is 2.40. The second-order valence-corrected chi connectivity index (χ2v) is 12.3. The summed E-state index contributed by atoms with van der Waals surface area (Å²) >= 11 is 0. The number of allylic oxidation sites excluding steroid dienone is 2. The van der Waals surface area contributed by atoms with Gasteiger partial charge in [-0.2, -0.15) is 0 Å². The molecule has 0 bridgehead atoms. The first-order chi connectivity index (χ1) is 19.6. The van der Waals surface area contributed by atoms with E-state index in [0.29, 0.717) is 18.8 Å². The molecule has 7 heteroatoms. The van der Waals surface area contributed by atoms with Crippen LogP contribution in [0.4, 0.5) is 0 Å². The molecule has 40 heavy (non-hydrogen) atoms. The molecule has 1 N–H and O–H groups in total. The molecule has 2 saturated heterocycles. The second-order valence-electron chi connectivity index (χ2n) is 12.3. The minimum atomic E-state index is -0.428. The second kappa shape index (κ2) is 17.6. The zero-order valence-electron chi connectivity index (χ0n) is 24.8. The molecule has 0 aromatic heterocycles. The molecule has 0 amide bonds. The lowest BCUT2D eigenvalue weighted by Gasteiger charge is -2.31. The van der Waals surface area contributed by atoms with Gasteiger partial charge in [0.05, 0.1) is 25.4 Å². The van der Waals surface area contributed by atoms with E-state index in [1.54, 1.807) is 0 Å². The predicted molar refractivity (Wildman–Crippen MR) is 154 cm³/mol. The highest BCUT2D eigenvalue weighted by molar-refractivity contribution is 5.69. The van der Waals surface area contributed by atoms with Gasteiger partial charge in [-0.25, -0.2) is 0 Å². The summed E-state index contributed by atoms with van der Waals surface area (Å²) in [5.41, 5.74) is 0. The Morgan fingerprint density at radius 3 is 2.38 bits per heavy atom. The van der Waals surface area contributed by atoms with Gasteiger partial charge in [0.25, 0.3) is 0 Å². The zero-order chi connectivity index (χ0) is 28.0. The Morgan fingerprint density at radius 1 is 0.950 bits per heavy atom. The Labute approximate surface area is 242 Å². The van der Waals surface area contributed by atoms with Crippen molar-refractivity contribution < 1.29 is 33.6 Å². The highest BCUT2D eigenvalue weighted by Gasteiger charge is 2.42. The van der Waals surface area contributed by atoms with Gasteiger partial charge in [0.15, 0.2) is 12.6 Å². The van der Waals surface area contributed by atoms with Crippen LogP contribution in [0.15, 0.2) is 24.3 Å². The fourth-order valence-electron chi connectivity index (χ4n) is 6.88. The summed E-state index contributed by atoms with van der Waals surface area (Å²) in [4.78, 5) is 11.4. The van der Waals surface area contributed by atoms with E-state index in [0.717, 1.165) is 77.4 Å². The lowest BCUT2D eigenvalue weighted by Crippen LogP contribution is -2.31. The maximum absolute atomic E-state index is 11.4. The van der Waals surface area contributed by atoms with Gasteiger partial charge in [0, 0.05) is 32.0 Å². The number of esters is 1.